The quantitative estimate of drug-likeness (QED) is 0.791. The molecule has 0 radical (unpaired) electrons. The van der Waals surface area contributed by atoms with E-state index in [9.17, 15) is 4.79 Å². The van der Waals surface area contributed by atoms with Crippen LogP contribution in [0.25, 0.3) is 6.08 Å². The van der Waals surface area contributed by atoms with Crippen molar-refractivity contribution in [2.75, 3.05) is 32.8 Å². The van der Waals surface area contributed by atoms with E-state index in [0.29, 0.717) is 19.0 Å². The van der Waals surface area contributed by atoms with Crippen molar-refractivity contribution in [2.45, 2.75) is 26.7 Å². The van der Waals surface area contributed by atoms with Crippen LogP contribution in [0.4, 0.5) is 0 Å². The third-order valence-corrected chi connectivity index (χ3v) is 4.26. The van der Waals surface area contributed by atoms with Gasteiger partial charge in [0.05, 0.1) is 13.2 Å². The molecule has 1 fully saturated rings. The summed E-state index contributed by atoms with van der Waals surface area (Å²) in [5.74, 6) is 0.681. The highest BCUT2D eigenvalue weighted by atomic mass is 16.3. The molecule has 1 saturated heterocycles. The Balaban J connectivity index is 1.80. The zero-order valence-electron chi connectivity index (χ0n) is 14.2. The summed E-state index contributed by atoms with van der Waals surface area (Å²) in [4.78, 5) is 13.9. The Bertz CT molecular complexity index is 526. The first-order valence-corrected chi connectivity index (χ1v) is 8.44. The van der Waals surface area contributed by atoms with Crippen molar-refractivity contribution in [1.82, 2.24) is 10.2 Å². The van der Waals surface area contributed by atoms with Crippen LogP contribution in [0.1, 0.15) is 29.5 Å². The highest BCUT2D eigenvalue weighted by molar-refractivity contribution is 5.78. The maximum Gasteiger partial charge on any atom is 0.236 e. The fraction of sp³-hybridized carbons (Fsp3) is 0.526. The van der Waals surface area contributed by atoms with Crippen LogP contribution in [0.2, 0.25) is 0 Å². The van der Waals surface area contributed by atoms with Gasteiger partial charge in [-0.3, -0.25) is 4.79 Å². The van der Waals surface area contributed by atoms with Gasteiger partial charge in [0.1, 0.15) is 0 Å². The van der Waals surface area contributed by atoms with Crippen molar-refractivity contribution < 1.29 is 9.90 Å². The molecule has 23 heavy (non-hydrogen) atoms. The highest BCUT2D eigenvalue weighted by Gasteiger charge is 2.20. The van der Waals surface area contributed by atoms with E-state index in [1.165, 1.54) is 16.7 Å². The van der Waals surface area contributed by atoms with Crippen LogP contribution in [0.15, 0.2) is 24.3 Å². The first-order chi connectivity index (χ1) is 11.1. The van der Waals surface area contributed by atoms with Gasteiger partial charge in [-0.05, 0) is 38.2 Å². The Morgan fingerprint density at radius 1 is 1.26 bits per heavy atom. The fourth-order valence-corrected chi connectivity index (χ4v) is 3.08. The number of amides is 1. The van der Waals surface area contributed by atoms with E-state index in [1.807, 2.05) is 4.90 Å². The molecule has 0 aromatic heterocycles. The second-order valence-electron chi connectivity index (χ2n) is 6.40. The van der Waals surface area contributed by atoms with Crippen molar-refractivity contribution >= 4 is 12.0 Å². The Hall–Kier alpha value is -1.65. The molecule has 0 unspecified atom stereocenters. The molecule has 0 saturated carbocycles. The first-order valence-electron chi connectivity index (χ1n) is 8.44. The molecule has 1 amide bonds. The van der Waals surface area contributed by atoms with Gasteiger partial charge in [-0.1, -0.05) is 41.5 Å². The molecule has 2 rings (SSSR count). The molecule has 4 heteroatoms. The van der Waals surface area contributed by atoms with E-state index >= 15 is 0 Å². The smallest absolute Gasteiger partial charge is 0.236 e. The van der Waals surface area contributed by atoms with Gasteiger partial charge >= 0.3 is 0 Å². The van der Waals surface area contributed by atoms with E-state index in [2.05, 4.69) is 49.5 Å². The number of aliphatic hydroxyl groups excluding tert-OH is 1. The van der Waals surface area contributed by atoms with Crippen LogP contribution in [0.5, 0.6) is 0 Å². The van der Waals surface area contributed by atoms with Gasteiger partial charge in [0, 0.05) is 19.6 Å². The van der Waals surface area contributed by atoms with E-state index < -0.39 is 0 Å². The van der Waals surface area contributed by atoms with Gasteiger partial charge in [0.15, 0.2) is 0 Å². The second kappa shape index (κ2) is 8.85. The van der Waals surface area contributed by atoms with Crippen molar-refractivity contribution in [3.63, 3.8) is 0 Å². The number of likely N-dealkylation sites (tertiary alicyclic amines) is 1. The monoisotopic (exact) mass is 316 g/mol. The van der Waals surface area contributed by atoms with Crippen molar-refractivity contribution in [3.05, 3.63) is 41.0 Å². The first kappa shape index (κ1) is 17.7. The average molecular weight is 316 g/mol. The number of nitrogens with one attached hydrogen (secondary N) is 1. The predicted octanol–water partition coefficient (Wildman–Crippen LogP) is 2.14. The summed E-state index contributed by atoms with van der Waals surface area (Å²) in [5.41, 5.74) is 3.84. The fourth-order valence-electron chi connectivity index (χ4n) is 3.08. The molecule has 1 aromatic rings. The van der Waals surface area contributed by atoms with E-state index in [1.54, 1.807) is 0 Å². The number of aliphatic hydroxyl groups is 1. The van der Waals surface area contributed by atoms with Gasteiger partial charge in [0.25, 0.3) is 0 Å². The number of benzene rings is 1. The van der Waals surface area contributed by atoms with E-state index in [0.717, 1.165) is 25.9 Å². The summed E-state index contributed by atoms with van der Waals surface area (Å²) in [5, 5.41) is 11.7. The zero-order chi connectivity index (χ0) is 16.7. The lowest BCUT2D eigenvalue weighted by Gasteiger charge is -2.30. The Morgan fingerprint density at radius 2 is 1.91 bits per heavy atom. The number of allylic oxidation sites excluding steroid dienone is 1. The minimum Gasteiger partial charge on any atom is -0.395 e. The molecule has 2 N–H and O–H groups in total. The highest BCUT2D eigenvalue weighted by Crippen LogP contribution is 2.20. The third kappa shape index (κ3) is 5.81. The molecule has 1 aliphatic rings. The SMILES string of the molecule is Cc1cc(C)cc(/C=C/C2CCN(C(=O)CNCCO)CC2)c1. The summed E-state index contributed by atoms with van der Waals surface area (Å²) in [7, 11) is 0. The second-order valence-corrected chi connectivity index (χ2v) is 6.40. The summed E-state index contributed by atoms with van der Waals surface area (Å²) >= 11 is 0. The average Bonchev–Trinajstić information content (AvgIpc) is 2.53. The lowest BCUT2D eigenvalue weighted by Crippen LogP contribution is -2.43. The zero-order valence-corrected chi connectivity index (χ0v) is 14.2. The largest absolute Gasteiger partial charge is 0.395 e. The number of carbonyl (C=O) groups is 1. The van der Waals surface area contributed by atoms with Crippen molar-refractivity contribution in [3.8, 4) is 0 Å². The van der Waals surface area contributed by atoms with E-state index in [-0.39, 0.29) is 12.5 Å². The van der Waals surface area contributed by atoms with Crippen LogP contribution in [-0.4, -0.2) is 48.7 Å². The van der Waals surface area contributed by atoms with Crippen LogP contribution in [0, 0.1) is 19.8 Å². The lowest BCUT2D eigenvalue weighted by molar-refractivity contribution is -0.131. The summed E-state index contributed by atoms with van der Waals surface area (Å²) in [6.45, 7) is 6.75. The molecule has 0 atom stereocenters. The topological polar surface area (TPSA) is 52.6 Å². The number of hydrogen-bond acceptors (Lipinski definition) is 3. The van der Waals surface area contributed by atoms with Crippen molar-refractivity contribution in [2.24, 2.45) is 5.92 Å². The molecule has 1 aliphatic heterocycles. The van der Waals surface area contributed by atoms with E-state index in [4.69, 9.17) is 5.11 Å². The van der Waals surface area contributed by atoms with Crippen molar-refractivity contribution in [1.29, 1.82) is 0 Å². The Kier molecular flexibility index (Phi) is 6.81. The number of hydrogen-bond donors (Lipinski definition) is 2. The molecule has 1 heterocycles. The maximum atomic E-state index is 12.0. The summed E-state index contributed by atoms with van der Waals surface area (Å²) in [6, 6.07) is 6.59. The molecule has 0 bridgehead atoms. The number of aryl methyl sites for hydroxylation is 2. The molecule has 4 nitrogen and oxygen atoms in total. The molecular formula is C19H28N2O2. The van der Waals surface area contributed by atoms with Gasteiger partial charge < -0.3 is 15.3 Å². The normalized spacial score (nSPS) is 16.2. The summed E-state index contributed by atoms with van der Waals surface area (Å²) in [6.07, 6.45) is 6.55. The molecule has 0 aliphatic carbocycles. The molecule has 0 spiro atoms. The number of carbonyl (C=O) groups excluding carboxylic acids is 1. The predicted molar refractivity (Wildman–Crippen MR) is 94.2 cm³/mol. The van der Waals surface area contributed by atoms with Gasteiger partial charge in [-0.15, -0.1) is 0 Å². The van der Waals surface area contributed by atoms with Gasteiger partial charge in [-0.2, -0.15) is 0 Å². The van der Waals surface area contributed by atoms with Gasteiger partial charge in [-0.25, -0.2) is 0 Å². The van der Waals surface area contributed by atoms with Crippen LogP contribution >= 0.6 is 0 Å². The molecular weight excluding hydrogens is 288 g/mol. The van der Waals surface area contributed by atoms with Gasteiger partial charge in [0.2, 0.25) is 5.91 Å². The number of piperidine rings is 1. The maximum absolute atomic E-state index is 12.0. The standard InChI is InChI=1S/C19H28N2O2/c1-15-11-16(2)13-18(12-15)4-3-17-5-8-21(9-6-17)19(23)14-20-7-10-22/h3-4,11-13,17,20,22H,5-10,14H2,1-2H3/b4-3+. The third-order valence-electron chi connectivity index (χ3n) is 4.26. The lowest BCUT2D eigenvalue weighted by atomic mass is 9.95. The molecule has 126 valence electrons. The Labute approximate surface area is 139 Å². The summed E-state index contributed by atoms with van der Waals surface area (Å²) < 4.78 is 0. The minimum atomic E-state index is 0.0680. The van der Waals surface area contributed by atoms with Crippen LogP contribution < -0.4 is 5.32 Å². The van der Waals surface area contributed by atoms with Crippen LogP contribution in [-0.2, 0) is 4.79 Å². The minimum absolute atomic E-state index is 0.0680. The molecule has 1 aromatic carbocycles. The number of rotatable bonds is 6. The number of nitrogens with zero attached hydrogens (tertiary/aromatic N) is 1. The van der Waals surface area contributed by atoms with Crippen LogP contribution in [0.3, 0.4) is 0 Å². The Morgan fingerprint density at radius 3 is 2.52 bits per heavy atom.